The van der Waals surface area contributed by atoms with Crippen LogP contribution in [0.15, 0.2) is 102 Å². The highest BCUT2D eigenvalue weighted by Gasteiger charge is 2.53. The van der Waals surface area contributed by atoms with Crippen molar-refractivity contribution in [1.29, 1.82) is 0 Å². The number of primary amides is 1. The molecular weight excluding hydrogens is 1780 g/mol. The van der Waals surface area contributed by atoms with Crippen LogP contribution in [0, 0.1) is 53.3 Å². The second-order valence-electron chi connectivity index (χ2n) is 38.5. The quantitative estimate of drug-likeness (QED) is 0.0251. The minimum atomic E-state index is -4.22. The molecule has 2 saturated heterocycles. The van der Waals surface area contributed by atoms with Gasteiger partial charge in [0.25, 0.3) is 0 Å². The highest BCUT2D eigenvalue weighted by molar-refractivity contribution is 7.89. The van der Waals surface area contributed by atoms with Crippen LogP contribution in [0.2, 0.25) is 10.0 Å². The molecule has 18 atom stereocenters. The van der Waals surface area contributed by atoms with E-state index in [4.69, 9.17) is 63.1 Å². The van der Waals surface area contributed by atoms with E-state index in [1.54, 1.807) is 37.8 Å². The number of aromatic hydroxyl groups is 3. The predicted molar refractivity (Wildman–Crippen MR) is 484 cm³/mol. The molecule has 15 bridgehead atoms. The SMILES string of the molecule is CCCCCOc1ccc(S(=O)(=O)N2CCCN(Cc3c(O)cc4c(c3O)-c3cc(ccc3O)[C@H]3CC(=O)[C@@H]5NC(=O)[C@H](CC(N)=O)CC(=O)[C@H](NC(=O)[C@H](CC)CC(C)C)[C@H](O)c6ccc(c(Cl)c6)Oc6cc5cc(c6O[C@@H]5C[C@H](CO)[C@@H](O)[C@H](O)[C@H]5O[C@H]5C[C@](C)(N)[C@H](O)[C@H](C)O5)Oc5ccc(cc5Cl)[C@@H](O)[C@H](NC3=O)C(=O)N[C@@H]4C(=O)CC3C4CC5CC(C4)CC3C5)C2)cc1. The summed E-state index contributed by atoms with van der Waals surface area (Å²) in [6.45, 7) is 10.0. The van der Waals surface area contributed by atoms with E-state index >= 15 is 28.8 Å². The van der Waals surface area contributed by atoms with Crippen molar-refractivity contribution in [1.82, 2.24) is 30.5 Å². The number of nitrogens with two attached hydrogens (primary N) is 2. The molecule has 5 aliphatic carbocycles. The number of ketones is 3. The summed E-state index contributed by atoms with van der Waals surface area (Å²) in [5, 5.41) is 121. The van der Waals surface area contributed by atoms with Gasteiger partial charge in [-0.05, 0) is 220 Å². The van der Waals surface area contributed by atoms with Crippen LogP contribution in [-0.2, 0) is 64.4 Å². The third-order valence-electron chi connectivity index (χ3n) is 28.4. The summed E-state index contributed by atoms with van der Waals surface area (Å²) in [5.41, 5.74) is 9.23. The van der Waals surface area contributed by atoms with E-state index in [0.717, 1.165) is 57.4 Å². The number of phenolic OH excluding ortho intramolecular Hbond substituents is 3. The van der Waals surface area contributed by atoms with Crippen LogP contribution in [0.3, 0.4) is 0 Å². The fraction of sp³-hybridized carbons (Fsp3) is 0.546. The van der Waals surface area contributed by atoms with Crippen molar-refractivity contribution in [3.8, 4) is 62.9 Å². The van der Waals surface area contributed by atoms with Gasteiger partial charge in [0.2, 0.25) is 45.3 Å². The van der Waals surface area contributed by atoms with Crippen LogP contribution in [0.25, 0.3) is 11.1 Å². The van der Waals surface area contributed by atoms with Crippen molar-refractivity contribution in [2.24, 2.45) is 64.7 Å². The van der Waals surface area contributed by atoms with Gasteiger partial charge in [0.15, 0.2) is 35.1 Å². The lowest BCUT2D eigenvalue weighted by molar-refractivity contribution is -0.286. The van der Waals surface area contributed by atoms with Gasteiger partial charge in [-0.3, -0.25) is 43.3 Å². The number of carbonyl (C=O) groups excluding carboxylic acids is 8. The number of aliphatic hydroxyl groups is 6. The van der Waals surface area contributed by atoms with Gasteiger partial charge in [0, 0.05) is 86.8 Å². The first-order chi connectivity index (χ1) is 63.3. The number of ether oxygens (including phenoxy) is 6. The summed E-state index contributed by atoms with van der Waals surface area (Å²) >= 11 is 14.6. The van der Waals surface area contributed by atoms with Crippen LogP contribution in [0.4, 0.5) is 0 Å². The van der Waals surface area contributed by atoms with Gasteiger partial charge in [-0.2, -0.15) is 4.31 Å². The molecule has 5 amide bonds. The molecule has 17 N–H and O–H groups in total. The van der Waals surface area contributed by atoms with Crippen molar-refractivity contribution in [3.63, 3.8) is 0 Å². The molecular formula is C97H120Cl2N8O25S. The van der Waals surface area contributed by atoms with Gasteiger partial charge in [-0.1, -0.05) is 81.9 Å². The maximum absolute atomic E-state index is 16.9. The maximum atomic E-state index is 16.9. The Balaban J connectivity index is 0.908. The van der Waals surface area contributed by atoms with E-state index in [9.17, 15) is 64.0 Å². The first kappa shape index (κ1) is 97.9. The Morgan fingerprint density at radius 3 is 1.98 bits per heavy atom. The van der Waals surface area contributed by atoms with Crippen molar-refractivity contribution >= 4 is 80.1 Å². The predicted octanol–water partition coefficient (Wildman–Crippen LogP) is 9.55. The first-order valence-corrected chi connectivity index (χ1v) is 48.3. The number of nitrogens with zero attached hydrogens (tertiary/aromatic N) is 2. The van der Waals surface area contributed by atoms with Crippen LogP contribution in [0.5, 0.6) is 51.7 Å². The van der Waals surface area contributed by atoms with Gasteiger partial charge in [0.05, 0.1) is 63.9 Å². The van der Waals surface area contributed by atoms with Crippen molar-refractivity contribution in [2.45, 2.75) is 253 Å². The number of halogens is 2. The normalized spacial score (nSPS) is 30.6. The van der Waals surface area contributed by atoms with Gasteiger partial charge in [-0.15, -0.1) is 0 Å². The first-order valence-electron chi connectivity index (χ1n) is 46.1. The lowest BCUT2D eigenvalue weighted by Crippen LogP contribution is -2.63. The molecule has 0 aromatic heterocycles. The Labute approximate surface area is 781 Å². The number of Topliss-reactive ketones (excluding diaryl/α,β-unsaturated/α-hetero) is 3. The molecule has 0 radical (unpaired) electrons. The highest BCUT2D eigenvalue weighted by Crippen LogP contribution is 2.59. The molecule has 33 nitrogen and oxygen atoms in total. The fourth-order valence-electron chi connectivity index (χ4n) is 21.5. The molecule has 7 heterocycles. The van der Waals surface area contributed by atoms with E-state index in [1.165, 1.54) is 83.2 Å². The van der Waals surface area contributed by atoms with E-state index in [2.05, 4.69) is 28.2 Å². The Morgan fingerprint density at radius 1 is 0.714 bits per heavy atom. The lowest BCUT2D eigenvalue weighted by Gasteiger charge is -2.54. The molecule has 12 aliphatic rings. The zero-order valence-electron chi connectivity index (χ0n) is 75.1. The van der Waals surface area contributed by atoms with Crippen LogP contribution >= 0.6 is 23.2 Å². The van der Waals surface area contributed by atoms with Gasteiger partial charge in [-0.25, -0.2) is 8.42 Å². The van der Waals surface area contributed by atoms with Gasteiger partial charge < -0.3 is 107 Å². The number of unbranched alkanes of at least 4 members (excludes halogenated alkanes) is 2. The van der Waals surface area contributed by atoms with E-state index in [1.807, 2.05) is 13.8 Å². The molecule has 18 rings (SSSR count). The largest absolute Gasteiger partial charge is 0.507 e. The molecule has 7 fully saturated rings. The minimum Gasteiger partial charge on any atom is -0.507 e. The molecule has 133 heavy (non-hydrogen) atoms. The second-order valence-corrected chi connectivity index (χ2v) is 41.2. The van der Waals surface area contributed by atoms with Gasteiger partial charge in [0.1, 0.15) is 89.2 Å². The third kappa shape index (κ3) is 21.0. The number of amides is 5. The zero-order valence-corrected chi connectivity index (χ0v) is 77.4. The van der Waals surface area contributed by atoms with Crippen LogP contribution in [0.1, 0.15) is 214 Å². The molecule has 36 heteroatoms. The van der Waals surface area contributed by atoms with Crippen LogP contribution in [-0.4, -0.2) is 204 Å². The topological polar surface area (TPSA) is 515 Å². The lowest BCUT2D eigenvalue weighted by atomic mass is 9.51. The second kappa shape index (κ2) is 40.7. The van der Waals surface area contributed by atoms with Crippen LogP contribution < -0.4 is 51.7 Å². The van der Waals surface area contributed by atoms with E-state index in [0.29, 0.717) is 30.6 Å². The number of hydrogen-bond donors (Lipinski definition) is 15. The number of benzene rings is 6. The number of sulfonamides is 1. The molecule has 0 unspecified atom stereocenters. The monoisotopic (exact) mass is 1900 g/mol. The summed E-state index contributed by atoms with van der Waals surface area (Å²) in [6, 6.07) is 12.6. The van der Waals surface area contributed by atoms with Crippen molar-refractivity contribution in [3.05, 3.63) is 140 Å². The Morgan fingerprint density at radius 2 is 1.37 bits per heavy atom. The number of nitrogens with one attached hydrogen (secondary N) is 4. The number of phenols is 3. The van der Waals surface area contributed by atoms with Gasteiger partial charge >= 0.3 is 0 Å². The number of carbonyl (C=O) groups is 8. The summed E-state index contributed by atoms with van der Waals surface area (Å²) in [4.78, 5) is 127. The van der Waals surface area contributed by atoms with E-state index in [-0.39, 0.29) is 153 Å². The molecule has 7 aliphatic heterocycles. The smallest absolute Gasteiger partial charge is 0.246 e. The minimum absolute atomic E-state index is 0.0255. The third-order valence-corrected chi connectivity index (χ3v) is 30.9. The summed E-state index contributed by atoms with van der Waals surface area (Å²) in [5.74, 6) is -16.6. The van der Waals surface area contributed by atoms with Crippen molar-refractivity contribution < 1.29 is 121 Å². The zero-order chi connectivity index (χ0) is 95.2. The molecule has 6 aromatic carbocycles. The summed E-state index contributed by atoms with van der Waals surface area (Å²) < 4.78 is 69.8. The molecule has 718 valence electrons. The Bertz CT molecular complexity index is 5490. The fourth-order valence-corrected chi connectivity index (χ4v) is 23.4. The average molecular weight is 1900 g/mol. The molecule has 5 saturated carbocycles. The van der Waals surface area contributed by atoms with Crippen molar-refractivity contribution in [2.75, 3.05) is 33.0 Å². The highest BCUT2D eigenvalue weighted by atomic mass is 35.5. The Kier molecular flexibility index (Phi) is 30.0. The Hall–Kier alpha value is -9.63. The number of fused-ring (bicyclic) bond motifs is 15. The summed E-state index contributed by atoms with van der Waals surface area (Å²) in [7, 11) is -4.22. The van der Waals surface area contributed by atoms with E-state index < -0.39 is 226 Å². The average Bonchev–Trinajstić information content (AvgIpc) is 0.743. The molecule has 0 spiro atoms. The summed E-state index contributed by atoms with van der Waals surface area (Å²) in [6.07, 6.45) is -9.91. The standard InChI is InChI=1S/C97H120Cl2N8O25S/c1-7-9-10-24-127-59-15-17-60(18-16-59)133(125,126)107-23-11-22-106(45-107)43-65-69(110)41-64-80(88(65)118)63-31-51(12-19-68(63)109)62-40-71(112)81-56-35-75(129-73-20-13-52(32-66(73)98)85(115)83(104-93(121)50(8-2)25-46(3)4)70(111)34-57(38-78(100)114)94(122)102-81)90(131-77-37-58(44-108)87(117)89(119)91(77)132-79-42-97(6,101)92(120)47(5)128-79)76(36-56)130-74-21-14-53(33-67(74)99)86(116)84(105-95(62)123)96(124)103-82(64)72(113)39-61-54-27-48-26-49(29-54)30-55(61)28-48/h12-21,31-33,35-36,41,46-50,54-55,57-58,61-62,77,79,81-87,89,91-92,108-110,115-120H,7-11,22-30,34,37-40,42-45,101H2,1-6H3,(H2,100,114)(H,102,122)(H,103,124)(H,104,121)(H,105,123)/t47-,48?,49?,50+,54?,55?,57-,58+,61?,62+,77+,79-,81+,82-,83-,84-,85+,86+,87+,89-,91-,92+,97-/m0/s1. The number of hydrogen-bond acceptors (Lipinski definition) is 27. The number of rotatable bonds is 24. The maximum Gasteiger partial charge on any atom is 0.246 e. The number of aliphatic hydroxyl groups excluding tert-OH is 6. The molecule has 6 aromatic rings.